The van der Waals surface area contributed by atoms with Crippen molar-refractivity contribution in [1.82, 2.24) is 9.88 Å². The Morgan fingerprint density at radius 3 is 2.82 bits per heavy atom. The number of carbonyl (C=O) groups is 1. The van der Waals surface area contributed by atoms with Crippen molar-refractivity contribution in [2.24, 2.45) is 0 Å². The Kier molecular flexibility index (Phi) is 4.24. The van der Waals surface area contributed by atoms with Crippen molar-refractivity contribution >= 4 is 23.2 Å². The minimum atomic E-state index is -0.273. The lowest BCUT2D eigenvalue weighted by Gasteiger charge is -2.17. The van der Waals surface area contributed by atoms with E-state index in [0.717, 1.165) is 17.7 Å². The number of benzene rings is 1. The molecule has 0 radical (unpaired) electrons. The van der Waals surface area contributed by atoms with Crippen LogP contribution in [0.25, 0.3) is 0 Å². The summed E-state index contributed by atoms with van der Waals surface area (Å²) in [4.78, 5) is 18.1. The van der Waals surface area contributed by atoms with Gasteiger partial charge in [0.2, 0.25) is 5.91 Å². The van der Waals surface area contributed by atoms with Gasteiger partial charge in [-0.1, -0.05) is 23.7 Å². The molecule has 1 aliphatic rings. The van der Waals surface area contributed by atoms with Gasteiger partial charge in [-0.25, -0.2) is 9.37 Å². The minimum absolute atomic E-state index is 0.0391. The highest BCUT2D eigenvalue weighted by Crippen LogP contribution is 2.20. The number of nitrogens with zero attached hydrogens (tertiary/aromatic N) is 2. The van der Waals surface area contributed by atoms with E-state index >= 15 is 0 Å². The number of halogens is 2. The van der Waals surface area contributed by atoms with Crippen molar-refractivity contribution in [3.8, 4) is 0 Å². The zero-order chi connectivity index (χ0) is 15.5. The van der Waals surface area contributed by atoms with E-state index in [-0.39, 0.29) is 17.8 Å². The molecule has 6 heteroatoms. The quantitative estimate of drug-likeness (QED) is 0.881. The Labute approximate surface area is 132 Å². The number of anilines is 1. The normalized spacial score (nSPS) is 17.8. The number of nitrogens with one attached hydrogen (secondary N) is 1. The SMILES string of the molecule is O=C1C(Nc2ccnc(Cl)c2)CCN1Cc1ccc(F)cc1. The third-order valence-electron chi connectivity index (χ3n) is 3.65. The number of aromatic nitrogens is 1. The molecule has 1 aromatic heterocycles. The van der Waals surface area contributed by atoms with Crippen molar-refractivity contribution in [1.29, 1.82) is 0 Å². The highest BCUT2D eigenvalue weighted by atomic mass is 35.5. The van der Waals surface area contributed by atoms with Gasteiger partial charge < -0.3 is 10.2 Å². The molecule has 2 heterocycles. The zero-order valence-electron chi connectivity index (χ0n) is 11.8. The molecular formula is C16H15ClFN3O. The van der Waals surface area contributed by atoms with Gasteiger partial charge in [-0.3, -0.25) is 4.79 Å². The smallest absolute Gasteiger partial charge is 0.245 e. The molecule has 1 aromatic carbocycles. The van der Waals surface area contributed by atoms with Crippen molar-refractivity contribution in [3.63, 3.8) is 0 Å². The van der Waals surface area contributed by atoms with Crippen molar-refractivity contribution in [3.05, 3.63) is 59.1 Å². The molecule has 0 saturated carbocycles. The average molecular weight is 320 g/mol. The molecule has 0 aliphatic carbocycles. The van der Waals surface area contributed by atoms with Crippen LogP contribution in [0, 0.1) is 5.82 Å². The third kappa shape index (κ3) is 3.36. The van der Waals surface area contributed by atoms with Crippen LogP contribution in [0.15, 0.2) is 42.6 Å². The summed E-state index contributed by atoms with van der Waals surface area (Å²) in [6, 6.07) is 9.42. The molecule has 1 atom stereocenters. The minimum Gasteiger partial charge on any atom is -0.373 e. The first-order valence-corrected chi connectivity index (χ1v) is 7.41. The predicted molar refractivity (Wildman–Crippen MR) is 83.1 cm³/mol. The van der Waals surface area contributed by atoms with Crippen LogP contribution in [0.4, 0.5) is 10.1 Å². The summed E-state index contributed by atoms with van der Waals surface area (Å²) in [5.74, 6) is -0.233. The first-order chi connectivity index (χ1) is 10.6. The molecule has 1 unspecified atom stereocenters. The van der Waals surface area contributed by atoms with Gasteiger partial charge in [-0.05, 0) is 36.2 Å². The second kappa shape index (κ2) is 6.32. The van der Waals surface area contributed by atoms with Crippen LogP contribution in [0.3, 0.4) is 0 Å². The molecule has 1 N–H and O–H groups in total. The molecule has 1 fully saturated rings. The second-order valence-corrected chi connectivity index (χ2v) is 5.63. The lowest BCUT2D eigenvalue weighted by atomic mass is 10.2. The molecule has 4 nitrogen and oxygen atoms in total. The molecule has 1 saturated heterocycles. The lowest BCUT2D eigenvalue weighted by Crippen LogP contribution is -2.33. The van der Waals surface area contributed by atoms with E-state index in [4.69, 9.17) is 11.6 Å². The number of carbonyl (C=O) groups excluding carboxylic acids is 1. The van der Waals surface area contributed by atoms with Crippen molar-refractivity contribution in [2.45, 2.75) is 19.0 Å². The van der Waals surface area contributed by atoms with Gasteiger partial charge in [-0.2, -0.15) is 0 Å². The first kappa shape index (κ1) is 14.8. The van der Waals surface area contributed by atoms with Crippen LogP contribution < -0.4 is 5.32 Å². The fourth-order valence-electron chi connectivity index (χ4n) is 2.53. The summed E-state index contributed by atoms with van der Waals surface area (Å²) in [6.07, 6.45) is 2.32. The van der Waals surface area contributed by atoms with Gasteiger partial charge in [0.25, 0.3) is 0 Å². The Morgan fingerprint density at radius 1 is 1.32 bits per heavy atom. The molecule has 3 rings (SSSR count). The number of hydrogen-bond acceptors (Lipinski definition) is 3. The summed E-state index contributed by atoms with van der Waals surface area (Å²) in [5.41, 5.74) is 1.70. The Morgan fingerprint density at radius 2 is 2.09 bits per heavy atom. The number of hydrogen-bond donors (Lipinski definition) is 1. The fourth-order valence-corrected chi connectivity index (χ4v) is 2.71. The number of amides is 1. The predicted octanol–water partition coefficient (Wildman–Crippen LogP) is 3.09. The van der Waals surface area contributed by atoms with Crippen LogP contribution in [-0.4, -0.2) is 28.4 Å². The van der Waals surface area contributed by atoms with E-state index < -0.39 is 0 Å². The highest BCUT2D eigenvalue weighted by molar-refractivity contribution is 6.29. The van der Waals surface area contributed by atoms with E-state index in [0.29, 0.717) is 18.2 Å². The molecular weight excluding hydrogens is 305 g/mol. The van der Waals surface area contributed by atoms with E-state index in [1.165, 1.54) is 12.1 Å². The standard InChI is InChI=1S/C16H15ClFN3O/c17-15-9-13(5-7-19-15)20-14-6-8-21(16(14)22)10-11-1-3-12(18)4-2-11/h1-5,7,9,14H,6,8,10H2,(H,19,20). The maximum atomic E-state index is 12.9. The summed E-state index contributed by atoms with van der Waals surface area (Å²) in [7, 11) is 0. The Bertz CT molecular complexity index is 677. The van der Waals surface area contributed by atoms with Crippen LogP contribution in [0.2, 0.25) is 5.15 Å². The number of rotatable bonds is 4. The average Bonchev–Trinajstić information content (AvgIpc) is 2.83. The van der Waals surface area contributed by atoms with Gasteiger partial charge in [-0.15, -0.1) is 0 Å². The second-order valence-electron chi connectivity index (χ2n) is 5.24. The van der Waals surface area contributed by atoms with Gasteiger partial charge in [0.15, 0.2) is 0 Å². The molecule has 1 aliphatic heterocycles. The summed E-state index contributed by atoms with van der Waals surface area (Å²) in [6.45, 7) is 1.17. The summed E-state index contributed by atoms with van der Waals surface area (Å²) < 4.78 is 12.9. The number of likely N-dealkylation sites (tertiary alicyclic amines) is 1. The van der Waals surface area contributed by atoms with Gasteiger partial charge >= 0.3 is 0 Å². The maximum absolute atomic E-state index is 12.9. The monoisotopic (exact) mass is 319 g/mol. The topological polar surface area (TPSA) is 45.2 Å². The first-order valence-electron chi connectivity index (χ1n) is 7.03. The molecule has 114 valence electrons. The van der Waals surface area contributed by atoms with Crippen LogP contribution in [0.1, 0.15) is 12.0 Å². The third-order valence-corrected chi connectivity index (χ3v) is 3.86. The van der Waals surface area contributed by atoms with Crippen LogP contribution in [0.5, 0.6) is 0 Å². The van der Waals surface area contributed by atoms with Crippen LogP contribution in [-0.2, 0) is 11.3 Å². The number of pyridine rings is 1. The van der Waals surface area contributed by atoms with Crippen molar-refractivity contribution < 1.29 is 9.18 Å². The fraction of sp³-hybridized carbons (Fsp3) is 0.250. The molecule has 2 aromatic rings. The summed E-state index contributed by atoms with van der Waals surface area (Å²) >= 11 is 5.84. The van der Waals surface area contributed by atoms with Crippen molar-refractivity contribution in [2.75, 3.05) is 11.9 Å². The van der Waals surface area contributed by atoms with E-state index in [1.807, 2.05) is 0 Å². The van der Waals surface area contributed by atoms with Gasteiger partial charge in [0.1, 0.15) is 17.0 Å². The Hall–Kier alpha value is -2.14. The summed E-state index contributed by atoms with van der Waals surface area (Å²) in [5, 5.41) is 3.57. The Balaban J connectivity index is 1.63. The van der Waals surface area contributed by atoms with Crippen LogP contribution >= 0.6 is 11.6 Å². The zero-order valence-corrected chi connectivity index (χ0v) is 12.6. The largest absolute Gasteiger partial charge is 0.373 e. The highest BCUT2D eigenvalue weighted by Gasteiger charge is 2.31. The molecule has 22 heavy (non-hydrogen) atoms. The lowest BCUT2D eigenvalue weighted by molar-refractivity contribution is -0.128. The van der Waals surface area contributed by atoms with E-state index in [9.17, 15) is 9.18 Å². The van der Waals surface area contributed by atoms with E-state index in [1.54, 1.807) is 35.4 Å². The van der Waals surface area contributed by atoms with Gasteiger partial charge in [0.05, 0.1) is 0 Å². The maximum Gasteiger partial charge on any atom is 0.245 e. The van der Waals surface area contributed by atoms with Gasteiger partial charge in [0, 0.05) is 25.0 Å². The molecule has 0 bridgehead atoms. The van der Waals surface area contributed by atoms with E-state index in [2.05, 4.69) is 10.3 Å². The molecule has 1 amide bonds. The molecule has 0 spiro atoms.